The number of hydrogen-bond acceptors (Lipinski definition) is 4. The van der Waals surface area contributed by atoms with Crippen LogP contribution in [-0.2, 0) is 0 Å². The molecule has 0 atom stereocenters. The zero-order valence-corrected chi connectivity index (χ0v) is 11.2. The van der Waals surface area contributed by atoms with Crippen LogP contribution in [0.2, 0.25) is 0 Å². The maximum Gasteiger partial charge on any atom is 0.150 e. The second kappa shape index (κ2) is 5.54. The summed E-state index contributed by atoms with van der Waals surface area (Å²) in [6.45, 7) is 0. The topological polar surface area (TPSA) is 68.9 Å². The lowest BCUT2D eigenvalue weighted by Crippen LogP contribution is -1.99. The Balaban J connectivity index is 2.07. The van der Waals surface area contributed by atoms with Crippen LogP contribution in [0.25, 0.3) is 22.5 Å². The zero-order valence-electron chi connectivity index (χ0n) is 11.2. The Bertz CT molecular complexity index is 768. The van der Waals surface area contributed by atoms with Gasteiger partial charge in [-0.2, -0.15) is 0 Å². The molecule has 0 spiro atoms. The van der Waals surface area contributed by atoms with E-state index in [0.717, 1.165) is 23.1 Å². The minimum atomic E-state index is 0.369. The van der Waals surface area contributed by atoms with E-state index in [0.29, 0.717) is 17.1 Å². The van der Waals surface area contributed by atoms with Gasteiger partial charge >= 0.3 is 0 Å². The monoisotopic (exact) mass is 275 g/mol. The summed E-state index contributed by atoms with van der Waals surface area (Å²) < 4.78 is 0. The Morgan fingerprint density at radius 1 is 0.905 bits per heavy atom. The fourth-order valence-corrected chi connectivity index (χ4v) is 2.08. The van der Waals surface area contributed by atoms with Crippen LogP contribution in [0.1, 0.15) is 10.4 Å². The molecule has 1 heterocycles. The highest BCUT2D eigenvalue weighted by molar-refractivity contribution is 5.78. The number of aldehydes is 1. The predicted octanol–water partition coefficient (Wildman–Crippen LogP) is 3.21. The molecule has 0 fully saturated rings. The lowest BCUT2D eigenvalue weighted by atomic mass is 10.1. The van der Waals surface area contributed by atoms with Crippen molar-refractivity contribution in [3.05, 3.63) is 66.4 Å². The normalized spacial score (nSPS) is 10.3. The molecular formula is C17H13N3O. The first-order valence-corrected chi connectivity index (χ1v) is 6.51. The number of rotatable bonds is 3. The first-order valence-electron chi connectivity index (χ1n) is 6.51. The summed E-state index contributed by atoms with van der Waals surface area (Å²) in [5, 5.41) is 0. The third-order valence-electron chi connectivity index (χ3n) is 3.19. The summed E-state index contributed by atoms with van der Waals surface area (Å²) in [5.74, 6) is 0.369. The molecule has 0 aliphatic carbocycles. The third-order valence-corrected chi connectivity index (χ3v) is 3.19. The molecular weight excluding hydrogens is 262 g/mol. The minimum absolute atomic E-state index is 0.369. The average Bonchev–Trinajstić information content (AvgIpc) is 2.56. The SMILES string of the molecule is Nc1ncc(-c2ccccc2)nc1-c1ccc(C=O)cc1. The second-order valence-electron chi connectivity index (χ2n) is 4.59. The molecule has 3 aromatic rings. The van der Waals surface area contributed by atoms with E-state index in [9.17, 15) is 4.79 Å². The molecule has 102 valence electrons. The first kappa shape index (κ1) is 13.0. The molecule has 0 aliphatic heterocycles. The minimum Gasteiger partial charge on any atom is -0.382 e. The second-order valence-corrected chi connectivity index (χ2v) is 4.59. The molecule has 0 amide bonds. The van der Waals surface area contributed by atoms with Crippen LogP contribution in [0.5, 0.6) is 0 Å². The maximum atomic E-state index is 10.7. The van der Waals surface area contributed by atoms with Gasteiger partial charge in [0.05, 0.1) is 11.9 Å². The summed E-state index contributed by atoms with van der Waals surface area (Å²) >= 11 is 0. The van der Waals surface area contributed by atoms with E-state index in [4.69, 9.17) is 5.73 Å². The summed E-state index contributed by atoms with van der Waals surface area (Å²) in [5.41, 5.74) is 9.74. The van der Waals surface area contributed by atoms with Crippen LogP contribution < -0.4 is 5.73 Å². The van der Waals surface area contributed by atoms with Gasteiger partial charge in [-0.1, -0.05) is 54.6 Å². The van der Waals surface area contributed by atoms with E-state index < -0.39 is 0 Å². The van der Waals surface area contributed by atoms with E-state index in [1.807, 2.05) is 42.5 Å². The van der Waals surface area contributed by atoms with Crippen molar-refractivity contribution in [2.45, 2.75) is 0 Å². The highest BCUT2D eigenvalue weighted by atomic mass is 16.1. The molecule has 21 heavy (non-hydrogen) atoms. The third kappa shape index (κ3) is 2.65. The number of aromatic nitrogens is 2. The molecule has 0 radical (unpaired) electrons. The van der Waals surface area contributed by atoms with Crippen molar-refractivity contribution in [1.82, 2.24) is 9.97 Å². The van der Waals surface area contributed by atoms with Gasteiger partial charge in [0.25, 0.3) is 0 Å². The molecule has 4 heteroatoms. The Morgan fingerprint density at radius 3 is 2.29 bits per heavy atom. The van der Waals surface area contributed by atoms with Crippen molar-refractivity contribution in [3.8, 4) is 22.5 Å². The predicted molar refractivity (Wildman–Crippen MR) is 82.7 cm³/mol. The Hall–Kier alpha value is -3.01. The smallest absolute Gasteiger partial charge is 0.150 e. The lowest BCUT2D eigenvalue weighted by molar-refractivity contribution is 0.112. The van der Waals surface area contributed by atoms with Crippen molar-refractivity contribution in [2.75, 3.05) is 5.73 Å². The van der Waals surface area contributed by atoms with E-state index in [1.54, 1.807) is 18.3 Å². The van der Waals surface area contributed by atoms with Crippen molar-refractivity contribution in [2.24, 2.45) is 0 Å². The Kier molecular flexibility index (Phi) is 3.43. The summed E-state index contributed by atoms with van der Waals surface area (Å²) in [7, 11) is 0. The lowest BCUT2D eigenvalue weighted by Gasteiger charge is -2.07. The van der Waals surface area contributed by atoms with Gasteiger partial charge < -0.3 is 5.73 Å². The molecule has 2 N–H and O–H groups in total. The van der Waals surface area contributed by atoms with Crippen LogP contribution in [0.3, 0.4) is 0 Å². The fraction of sp³-hybridized carbons (Fsp3) is 0. The number of nitrogens with zero attached hydrogens (tertiary/aromatic N) is 2. The first-order chi connectivity index (χ1) is 10.3. The Morgan fingerprint density at radius 2 is 1.62 bits per heavy atom. The van der Waals surface area contributed by atoms with Crippen molar-refractivity contribution >= 4 is 12.1 Å². The van der Waals surface area contributed by atoms with Crippen molar-refractivity contribution < 1.29 is 4.79 Å². The van der Waals surface area contributed by atoms with E-state index in [2.05, 4.69) is 9.97 Å². The maximum absolute atomic E-state index is 10.7. The Labute approximate surface area is 122 Å². The number of hydrogen-bond donors (Lipinski definition) is 1. The van der Waals surface area contributed by atoms with Gasteiger partial charge in [-0.3, -0.25) is 4.79 Å². The number of benzene rings is 2. The van der Waals surface area contributed by atoms with Gasteiger partial charge in [-0.15, -0.1) is 0 Å². The van der Waals surface area contributed by atoms with Crippen LogP contribution in [0.4, 0.5) is 5.82 Å². The zero-order chi connectivity index (χ0) is 14.7. The summed E-state index contributed by atoms with van der Waals surface area (Å²) in [4.78, 5) is 19.5. The van der Waals surface area contributed by atoms with Gasteiger partial charge in [0.2, 0.25) is 0 Å². The fourth-order valence-electron chi connectivity index (χ4n) is 2.08. The number of nitrogens with two attached hydrogens (primary N) is 1. The molecule has 0 saturated heterocycles. The summed E-state index contributed by atoms with van der Waals surface area (Å²) in [6, 6.07) is 16.9. The van der Waals surface area contributed by atoms with Crippen LogP contribution in [0.15, 0.2) is 60.8 Å². The van der Waals surface area contributed by atoms with E-state index >= 15 is 0 Å². The number of anilines is 1. The molecule has 0 saturated carbocycles. The molecule has 0 aliphatic rings. The molecule has 0 unspecified atom stereocenters. The molecule has 0 bridgehead atoms. The molecule has 2 aromatic carbocycles. The van der Waals surface area contributed by atoms with Gasteiger partial charge in [0.1, 0.15) is 17.8 Å². The highest BCUT2D eigenvalue weighted by Gasteiger charge is 2.08. The summed E-state index contributed by atoms with van der Waals surface area (Å²) in [6.07, 6.45) is 2.47. The quantitative estimate of drug-likeness (QED) is 0.745. The molecule has 3 rings (SSSR count). The molecule has 4 nitrogen and oxygen atoms in total. The standard InChI is InChI=1S/C17H13N3O/c18-17-16(14-8-6-12(11-21)7-9-14)20-15(10-19-17)13-4-2-1-3-5-13/h1-11H,(H2,18,19). The van der Waals surface area contributed by atoms with Gasteiger partial charge in [0.15, 0.2) is 0 Å². The van der Waals surface area contributed by atoms with E-state index in [1.165, 1.54) is 0 Å². The van der Waals surface area contributed by atoms with Crippen molar-refractivity contribution in [3.63, 3.8) is 0 Å². The van der Waals surface area contributed by atoms with Crippen LogP contribution in [0, 0.1) is 0 Å². The van der Waals surface area contributed by atoms with Gasteiger partial charge in [-0.05, 0) is 0 Å². The largest absolute Gasteiger partial charge is 0.382 e. The molecule has 1 aromatic heterocycles. The average molecular weight is 275 g/mol. The number of carbonyl (C=O) groups excluding carboxylic acids is 1. The van der Waals surface area contributed by atoms with Gasteiger partial charge in [0, 0.05) is 16.7 Å². The van der Waals surface area contributed by atoms with Crippen molar-refractivity contribution in [1.29, 1.82) is 0 Å². The van der Waals surface area contributed by atoms with E-state index in [-0.39, 0.29) is 0 Å². The number of carbonyl (C=O) groups is 1. The van der Waals surface area contributed by atoms with Crippen LogP contribution >= 0.6 is 0 Å². The van der Waals surface area contributed by atoms with Crippen LogP contribution in [-0.4, -0.2) is 16.3 Å². The highest BCUT2D eigenvalue weighted by Crippen LogP contribution is 2.25. The van der Waals surface area contributed by atoms with Gasteiger partial charge in [-0.25, -0.2) is 9.97 Å². The number of nitrogen functional groups attached to an aromatic ring is 1.